The van der Waals surface area contributed by atoms with E-state index < -0.39 is 0 Å². The normalized spacial score (nSPS) is 35.6. The van der Waals surface area contributed by atoms with E-state index in [-0.39, 0.29) is 6.04 Å². The maximum atomic E-state index is 12.1. The van der Waals surface area contributed by atoms with Crippen LogP contribution in [0, 0.1) is 5.92 Å². The Morgan fingerprint density at radius 1 is 1.20 bits per heavy atom. The molecule has 1 amide bonds. The second kappa shape index (κ2) is 6.17. The lowest BCUT2D eigenvalue weighted by atomic mass is 9.79. The zero-order chi connectivity index (χ0) is 17.0. The summed E-state index contributed by atoms with van der Waals surface area (Å²) in [5.41, 5.74) is 2.11. The Balaban J connectivity index is 1.56. The topological polar surface area (TPSA) is 32.8 Å². The molecule has 0 aromatic heterocycles. The molecule has 4 bridgehead atoms. The van der Waals surface area contributed by atoms with Gasteiger partial charge in [0, 0.05) is 17.1 Å². The van der Waals surface area contributed by atoms with Gasteiger partial charge < -0.3 is 14.5 Å². The predicted molar refractivity (Wildman–Crippen MR) is 98.6 cm³/mol. The van der Waals surface area contributed by atoms with Crippen LogP contribution in [0.4, 0.5) is 5.69 Å². The second-order valence-corrected chi connectivity index (χ2v) is 8.60. The number of benzene rings is 1. The van der Waals surface area contributed by atoms with Gasteiger partial charge in [-0.15, -0.1) is 0 Å². The van der Waals surface area contributed by atoms with Crippen LogP contribution in [0.5, 0.6) is 5.75 Å². The van der Waals surface area contributed by atoms with Gasteiger partial charge in [0.2, 0.25) is 6.41 Å². The molecular formula is C20H25ClN2O2. The van der Waals surface area contributed by atoms with E-state index in [9.17, 15) is 4.79 Å². The summed E-state index contributed by atoms with van der Waals surface area (Å²) in [4.78, 5) is 16.5. The lowest BCUT2D eigenvalue weighted by Crippen LogP contribution is -2.57. The fraction of sp³-hybridized carbons (Fsp3) is 0.650. The van der Waals surface area contributed by atoms with Crippen LogP contribution < -0.4 is 9.64 Å². The van der Waals surface area contributed by atoms with Gasteiger partial charge in [-0.1, -0.05) is 11.6 Å². The van der Waals surface area contributed by atoms with Crippen molar-refractivity contribution in [2.45, 2.75) is 56.6 Å². The van der Waals surface area contributed by atoms with Gasteiger partial charge in [0.25, 0.3) is 0 Å². The minimum absolute atomic E-state index is 0.243. The van der Waals surface area contributed by atoms with Gasteiger partial charge in [-0.2, -0.15) is 0 Å². The summed E-state index contributed by atoms with van der Waals surface area (Å²) in [7, 11) is 0. The third kappa shape index (κ3) is 2.65. The first-order valence-corrected chi connectivity index (χ1v) is 10.1. The summed E-state index contributed by atoms with van der Waals surface area (Å²) in [6, 6.07) is 4.24. The van der Waals surface area contributed by atoms with Gasteiger partial charge in [-0.25, -0.2) is 0 Å². The highest BCUT2D eigenvalue weighted by Crippen LogP contribution is 2.50. The van der Waals surface area contributed by atoms with E-state index in [4.69, 9.17) is 16.3 Å². The Labute approximate surface area is 154 Å². The van der Waals surface area contributed by atoms with Crippen LogP contribution >= 0.6 is 11.6 Å². The molecule has 4 fully saturated rings. The largest absolute Gasteiger partial charge is 0.488 e. The Morgan fingerprint density at radius 2 is 2.04 bits per heavy atom. The number of hydrogen-bond acceptors (Lipinski definition) is 3. The van der Waals surface area contributed by atoms with Crippen LogP contribution in [0.2, 0.25) is 5.02 Å². The van der Waals surface area contributed by atoms with Crippen molar-refractivity contribution in [2.75, 3.05) is 24.5 Å². The highest BCUT2D eigenvalue weighted by atomic mass is 35.5. The van der Waals surface area contributed by atoms with Crippen LogP contribution in [0.15, 0.2) is 12.1 Å². The lowest BCUT2D eigenvalue weighted by Gasteiger charge is -2.48. The molecule has 4 heterocycles. The summed E-state index contributed by atoms with van der Waals surface area (Å²) < 4.78 is 6.37. The molecule has 1 aromatic rings. The molecule has 0 spiro atoms. The van der Waals surface area contributed by atoms with Crippen molar-refractivity contribution in [1.29, 1.82) is 0 Å². The fourth-order valence-corrected chi connectivity index (χ4v) is 5.71. The minimum atomic E-state index is 0.243. The molecule has 3 atom stereocenters. The Hall–Kier alpha value is -1.26. The van der Waals surface area contributed by atoms with Gasteiger partial charge in [0.05, 0.1) is 17.8 Å². The van der Waals surface area contributed by atoms with E-state index in [1.165, 1.54) is 44.3 Å². The first kappa shape index (κ1) is 16.0. The molecule has 4 nitrogen and oxygen atoms in total. The molecule has 25 heavy (non-hydrogen) atoms. The predicted octanol–water partition coefficient (Wildman–Crippen LogP) is 3.82. The average Bonchev–Trinajstić information content (AvgIpc) is 2.65. The summed E-state index contributed by atoms with van der Waals surface area (Å²) in [5.74, 6) is 2.04. The molecule has 5 heteroatoms. The highest BCUT2D eigenvalue weighted by Gasteiger charge is 2.40. The number of halogens is 1. The van der Waals surface area contributed by atoms with Crippen molar-refractivity contribution in [1.82, 2.24) is 4.90 Å². The number of ether oxygens (including phenoxy) is 1. The molecule has 1 unspecified atom stereocenters. The minimum Gasteiger partial charge on any atom is -0.488 e. The molecule has 1 aliphatic carbocycles. The van der Waals surface area contributed by atoms with E-state index >= 15 is 0 Å². The van der Waals surface area contributed by atoms with Crippen molar-refractivity contribution in [3.05, 3.63) is 22.7 Å². The molecule has 4 aliphatic heterocycles. The number of amides is 1. The van der Waals surface area contributed by atoms with Gasteiger partial charge in [0.1, 0.15) is 5.75 Å². The first-order chi connectivity index (χ1) is 12.2. The van der Waals surface area contributed by atoms with Crippen molar-refractivity contribution in [3.8, 4) is 5.75 Å². The van der Waals surface area contributed by atoms with Crippen LogP contribution in [-0.4, -0.2) is 43.1 Å². The third-order valence-electron chi connectivity index (χ3n) is 6.78. The van der Waals surface area contributed by atoms with Crippen LogP contribution in [0.1, 0.15) is 50.0 Å². The highest BCUT2D eigenvalue weighted by molar-refractivity contribution is 6.31. The van der Waals surface area contributed by atoms with Gasteiger partial charge in [0.15, 0.2) is 0 Å². The monoisotopic (exact) mass is 360 g/mol. The van der Waals surface area contributed by atoms with E-state index in [1.54, 1.807) is 0 Å². The van der Waals surface area contributed by atoms with E-state index in [0.29, 0.717) is 17.9 Å². The molecule has 0 N–H and O–H groups in total. The zero-order valence-electron chi connectivity index (χ0n) is 14.5. The number of rotatable bonds is 3. The fourth-order valence-electron chi connectivity index (χ4n) is 5.49. The van der Waals surface area contributed by atoms with Crippen LogP contribution in [-0.2, 0) is 4.79 Å². The summed E-state index contributed by atoms with van der Waals surface area (Å²) in [6.07, 6.45) is 8.31. The molecule has 0 radical (unpaired) electrons. The first-order valence-electron chi connectivity index (χ1n) is 9.69. The zero-order valence-corrected chi connectivity index (χ0v) is 15.3. The number of carbonyl (C=O) groups is 1. The standard InChI is InChI=1S/C20H25ClN2O2/c21-15-9-17-14-2-1-3-16(8-14)25-20(17)18(10-15)23(12-24)19-11-22-6-4-13(19)5-7-22/h9-10,12-14,16,19H,1-8,11H2/t14-,16+,19?/m1/s1. The van der Waals surface area contributed by atoms with E-state index in [2.05, 4.69) is 11.0 Å². The Kier molecular flexibility index (Phi) is 3.94. The number of carbonyl (C=O) groups excluding carboxylic acids is 1. The van der Waals surface area contributed by atoms with Crippen molar-refractivity contribution >= 4 is 23.7 Å². The van der Waals surface area contributed by atoms with Crippen molar-refractivity contribution in [2.24, 2.45) is 5.92 Å². The third-order valence-corrected chi connectivity index (χ3v) is 7.00. The van der Waals surface area contributed by atoms with E-state index in [0.717, 1.165) is 42.3 Å². The van der Waals surface area contributed by atoms with Gasteiger partial charge >= 0.3 is 0 Å². The maximum Gasteiger partial charge on any atom is 0.214 e. The molecule has 1 aromatic carbocycles. The number of anilines is 1. The number of piperidine rings is 3. The number of hydrogen-bond donors (Lipinski definition) is 0. The Morgan fingerprint density at radius 3 is 2.76 bits per heavy atom. The molecule has 3 saturated heterocycles. The second-order valence-electron chi connectivity index (χ2n) is 8.16. The van der Waals surface area contributed by atoms with Crippen molar-refractivity contribution < 1.29 is 9.53 Å². The lowest BCUT2D eigenvalue weighted by molar-refractivity contribution is -0.108. The maximum absolute atomic E-state index is 12.1. The number of fused-ring (bicyclic) bond motifs is 7. The SMILES string of the molecule is O=CN(c1cc(Cl)cc2c1O[C@H]1CCC[C@@H]2C1)C1CN2CCC1CC2. The van der Waals surface area contributed by atoms with Gasteiger partial charge in [-0.3, -0.25) is 4.79 Å². The summed E-state index contributed by atoms with van der Waals surface area (Å²) in [6.45, 7) is 3.31. The van der Waals surface area contributed by atoms with Crippen molar-refractivity contribution in [3.63, 3.8) is 0 Å². The molecule has 134 valence electrons. The average molecular weight is 361 g/mol. The molecule has 1 saturated carbocycles. The summed E-state index contributed by atoms with van der Waals surface area (Å²) >= 11 is 6.47. The smallest absolute Gasteiger partial charge is 0.214 e. The number of nitrogens with zero attached hydrogens (tertiary/aromatic N) is 2. The van der Waals surface area contributed by atoms with Crippen LogP contribution in [0.25, 0.3) is 0 Å². The van der Waals surface area contributed by atoms with Crippen LogP contribution in [0.3, 0.4) is 0 Å². The summed E-state index contributed by atoms with van der Waals surface area (Å²) in [5, 5.41) is 0.717. The molecular weight excluding hydrogens is 336 g/mol. The Bertz CT molecular complexity index is 687. The van der Waals surface area contributed by atoms with E-state index in [1.807, 2.05) is 11.0 Å². The molecule has 5 aliphatic rings. The molecule has 6 rings (SSSR count). The van der Waals surface area contributed by atoms with Gasteiger partial charge in [-0.05, 0) is 75.6 Å². The quantitative estimate of drug-likeness (QED) is 0.768.